The van der Waals surface area contributed by atoms with E-state index in [4.69, 9.17) is 0 Å². The molecule has 0 bridgehead atoms. The molecular formula is C20H18N6O. The number of nitrogens with zero attached hydrogens (tertiary/aromatic N) is 4. The summed E-state index contributed by atoms with van der Waals surface area (Å²) in [6, 6.07) is 21.3. The number of amides is 1. The molecule has 0 saturated heterocycles. The molecule has 0 fully saturated rings. The monoisotopic (exact) mass is 358 g/mol. The lowest BCUT2D eigenvalue weighted by atomic mass is 10.1. The van der Waals surface area contributed by atoms with Gasteiger partial charge in [0.2, 0.25) is 5.91 Å². The van der Waals surface area contributed by atoms with Gasteiger partial charge in [0.05, 0.1) is 12.2 Å². The molecule has 0 saturated carbocycles. The van der Waals surface area contributed by atoms with Crippen molar-refractivity contribution < 1.29 is 4.79 Å². The topological polar surface area (TPSA) is 84.2 Å². The number of benzene rings is 2. The van der Waals surface area contributed by atoms with Crippen LogP contribution >= 0.6 is 0 Å². The molecule has 2 aromatic carbocycles. The predicted octanol–water partition coefficient (Wildman–Crippen LogP) is 3.36. The zero-order valence-corrected chi connectivity index (χ0v) is 14.8. The van der Waals surface area contributed by atoms with Crippen LogP contribution in [0.25, 0.3) is 16.9 Å². The van der Waals surface area contributed by atoms with Gasteiger partial charge in [0.1, 0.15) is 0 Å². The zero-order valence-electron chi connectivity index (χ0n) is 14.8. The smallest absolute Gasteiger partial charge is 0.221 e. The van der Waals surface area contributed by atoms with Crippen LogP contribution < -0.4 is 10.6 Å². The van der Waals surface area contributed by atoms with E-state index in [9.17, 15) is 4.79 Å². The van der Waals surface area contributed by atoms with Crippen molar-refractivity contribution in [2.75, 3.05) is 10.6 Å². The number of rotatable bonds is 5. The van der Waals surface area contributed by atoms with Crippen LogP contribution in [0.5, 0.6) is 0 Å². The predicted molar refractivity (Wildman–Crippen MR) is 104 cm³/mol. The van der Waals surface area contributed by atoms with Crippen molar-refractivity contribution in [3.8, 4) is 11.3 Å². The first-order valence-electron chi connectivity index (χ1n) is 8.57. The largest absolute Gasteiger partial charge is 0.378 e. The van der Waals surface area contributed by atoms with E-state index in [1.54, 1.807) is 4.52 Å². The van der Waals surface area contributed by atoms with Gasteiger partial charge in [0.15, 0.2) is 11.5 Å². The number of aromatic nitrogens is 4. The van der Waals surface area contributed by atoms with Crippen molar-refractivity contribution in [3.05, 3.63) is 72.6 Å². The molecule has 0 aliphatic heterocycles. The Balaban J connectivity index is 1.53. The highest BCUT2D eigenvalue weighted by Crippen LogP contribution is 2.18. The van der Waals surface area contributed by atoms with Gasteiger partial charge in [0.25, 0.3) is 0 Å². The molecule has 2 aromatic heterocycles. The molecule has 2 heterocycles. The molecule has 2 N–H and O–H groups in total. The highest BCUT2D eigenvalue weighted by atomic mass is 16.1. The Morgan fingerprint density at radius 2 is 1.67 bits per heavy atom. The van der Waals surface area contributed by atoms with E-state index in [2.05, 4.69) is 25.9 Å². The number of carbonyl (C=O) groups excluding carboxylic acids is 1. The second-order valence-corrected chi connectivity index (χ2v) is 6.08. The molecule has 0 aliphatic rings. The van der Waals surface area contributed by atoms with E-state index in [1.807, 2.05) is 66.7 Å². The molecule has 0 aliphatic carbocycles. The highest BCUT2D eigenvalue weighted by molar-refractivity contribution is 5.88. The summed E-state index contributed by atoms with van der Waals surface area (Å²) in [5, 5.41) is 19.1. The fraction of sp³-hybridized carbons (Fsp3) is 0.100. The van der Waals surface area contributed by atoms with E-state index in [1.165, 1.54) is 6.92 Å². The third-order valence-electron chi connectivity index (χ3n) is 4.05. The van der Waals surface area contributed by atoms with Crippen LogP contribution in [-0.2, 0) is 11.3 Å². The first kappa shape index (κ1) is 16.7. The summed E-state index contributed by atoms with van der Waals surface area (Å²) in [5.74, 6) is 0.625. The number of hydrogen-bond donors (Lipinski definition) is 2. The normalized spacial score (nSPS) is 10.7. The van der Waals surface area contributed by atoms with Crippen LogP contribution in [0.4, 0.5) is 11.4 Å². The second kappa shape index (κ2) is 7.25. The van der Waals surface area contributed by atoms with Gasteiger partial charge in [-0.3, -0.25) is 4.79 Å². The van der Waals surface area contributed by atoms with Gasteiger partial charge in [0, 0.05) is 23.9 Å². The number of nitrogens with one attached hydrogen (secondary N) is 2. The first-order valence-corrected chi connectivity index (χ1v) is 8.57. The average Bonchev–Trinajstić information content (AvgIpc) is 3.10. The number of hydrogen-bond acceptors (Lipinski definition) is 5. The molecule has 0 radical (unpaired) electrons. The Bertz CT molecular complexity index is 1070. The fourth-order valence-electron chi connectivity index (χ4n) is 2.76. The van der Waals surface area contributed by atoms with E-state index in [0.29, 0.717) is 18.0 Å². The molecule has 0 atom stereocenters. The van der Waals surface area contributed by atoms with Crippen LogP contribution in [0.3, 0.4) is 0 Å². The van der Waals surface area contributed by atoms with Crippen LogP contribution in [0, 0.1) is 0 Å². The lowest BCUT2D eigenvalue weighted by Crippen LogP contribution is -2.07. The standard InChI is InChI=1S/C20H18N6O/c1-14(27)22-17-9-7-16(8-10-17)21-13-20-24-23-19-12-11-18(25-26(19)20)15-5-3-2-4-6-15/h2-12,21H,13H2,1H3,(H,22,27). The Labute approximate surface area is 156 Å². The molecular weight excluding hydrogens is 340 g/mol. The molecule has 7 heteroatoms. The first-order chi connectivity index (χ1) is 13.2. The van der Waals surface area contributed by atoms with Crippen LogP contribution in [-0.4, -0.2) is 25.7 Å². The average molecular weight is 358 g/mol. The van der Waals surface area contributed by atoms with E-state index < -0.39 is 0 Å². The number of fused-ring (bicyclic) bond motifs is 1. The summed E-state index contributed by atoms with van der Waals surface area (Å²) in [6.45, 7) is 1.96. The SMILES string of the molecule is CC(=O)Nc1ccc(NCc2nnc3ccc(-c4ccccc4)nn23)cc1. The quantitative estimate of drug-likeness (QED) is 0.571. The maximum Gasteiger partial charge on any atom is 0.221 e. The molecule has 4 rings (SSSR count). The van der Waals surface area contributed by atoms with Gasteiger partial charge >= 0.3 is 0 Å². The minimum Gasteiger partial charge on any atom is -0.378 e. The highest BCUT2D eigenvalue weighted by Gasteiger charge is 2.08. The van der Waals surface area contributed by atoms with Gasteiger partial charge < -0.3 is 10.6 Å². The van der Waals surface area contributed by atoms with Gasteiger partial charge in [-0.1, -0.05) is 30.3 Å². The maximum atomic E-state index is 11.1. The lowest BCUT2D eigenvalue weighted by Gasteiger charge is -2.07. The van der Waals surface area contributed by atoms with Crippen molar-refractivity contribution in [3.63, 3.8) is 0 Å². The third-order valence-corrected chi connectivity index (χ3v) is 4.05. The molecule has 0 spiro atoms. The van der Waals surface area contributed by atoms with Crippen molar-refractivity contribution in [2.24, 2.45) is 0 Å². The van der Waals surface area contributed by atoms with Crippen molar-refractivity contribution in [1.29, 1.82) is 0 Å². The molecule has 7 nitrogen and oxygen atoms in total. The number of carbonyl (C=O) groups is 1. The minimum absolute atomic E-state index is 0.0917. The van der Waals surface area contributed by atoms with Crippen molar-refractivity contribution >= 4 is 22.9 Å². The molecule has 0 unspecified atom stereocenters. The summed E-state index contributed by atoms with van der Waals surface area (Å²) >= 11 is 0. The molecule has 134 valence electrons. The van der Waals surface area contributed by atoms with Crippen LogP contribution in [0.15, 0.2) is 66.7 Å². The maximum absolute atomic E-state index is 11.1. The number of anilines is 2. The summed E-state index contributed by atoms with van der Waals surface area (Å²) in [4.78, 5) is 11.1. The van der Waals surface area contributed by atoms with Gasteiger partial charge in [-0.15, -0.1) is 10.2 Å². The zero-order chi connectivity index (χ0) is 18.6. The molecule has 27 heavy (non-hydrogen) atoms. The third kappa shape index (κ3) is 3.77. The summed E-state index contributed by atoms with van der Waals surface area (Å²) in [5.41, 5.74) is 4.28. The lowest BCUT2D eigenvalue weighted by molar-refractivity contribution is -0.114. The summed E-state index contributed by atoms with van der Waals surface area (Å²) in [6.07, 6.45) is 0. The minimum atomic E-state index is -0.0917. The van der Waals surface area contributed by atoms with Gasteiger partial charge in [-0.2, -0.15) is 9.61 Å². The Morgan fingerprint density at radius 1 is 0.926 bits per heavy atom. The van der Waals surface area contributed by atoms with E-state index in [0.717, 1.165) is 22.6 Å². The van der Waals surface area contributed by atoms with Crippen LogP contribution in [0.2, 0.25) is 0 Å². The Morgan fingerprint density at radius 3 is 2.41 bits per heavy atom. The van der Waals surface area contributed by atoms with E-state index in [-0.39, 0.29) is 5.91 Å². The fourth-order valence-corrected chi connectivity index (χ4v) is 2.76. The van der Waals surface area contributed by atoms with Crippen LogP contribution in [0.1, 0.15) is 12.7 Å². The summed E-state index contributed by atoms with van der Waals surface area (Å²) < 4.78 is 1.75. The van der Waals surface area contributed by atoms with Crippen molar-refractivity contribution in [2.45, 2.75) is 13.5 Å². The van der Waals surface area contributed by atoms with Gasteiger partial charge in [-0.05, 0) is 36.4 Å². The van der Waals surface area contributed by atoms with Crippen molar-refractivity contribution in [1.82, 2.24) is 19.8 Å². The Kier molecular flexibility index (Phi) is 4.49. The molecule has 1 amide bonds. The van der Waals surface area contributed by atoms with Gasteiger partial charge in [-0.25, -0.2) is 0 Å². The Hall–Kier alpha value is -3.74. The molecule has 4 aromatic rings. The second-order valence-electron chi connectivity index (χ2n) is 6.08. The van der Waals surface area contributed by atoms with E-state index >= 15 is 0 Å². The summed E-state index contributed by atoms with van der Waals surface area (Å²) in [7, 11) is 0.